The second-order valence-corrected chi connectivity index (χ2v) is 6.62. The van der Waals surface area contributed by atoms with Crippen molar-refractivity contribution >= 4 is 23.2 Å². The number of nitrogens with one attached hydrogen (secondary N) is 1. The fourth-order valence-electron chi connectivity index (χ4n) is 3.15. The number of anilines is 2. The molecule has 0 saturated heterocycles. The van der Waals surface area contributed by atoms with Crippen LogP contribution in [0.15, 0.2) is 55.0 Å². The molecule has 0 amide bonds. The highest BCUT2D eigenvalue weighted by atomic mass is 35.5. The number of para-hydroxylation sites is 1. The van der Waals surface area contributed by atoms with E-state index in [0.29, 0.717) is 24.7 Å². The van der Waals surface area contributed by atoms with Crippen molar-refractivity contribution in [3.8, 4) is 5.75 Å². The molecule has 0 unspecified atom stereocenters. The minimum atomic E-state index is 0.568. The Morgan fingerprint density at radius 2 is 1.96 bits per heavy atom. The van der Waals surface area contributed by atoms with Crippen LogP contribution < -0.4 is 15.0 Å². The number of hydrogen-bond acceptors (Lipinski definition) is 6. The van der Waals surface area contributed by atoms with E-state index in [4.69, 9.17) is 16.3 Å². The zero-order chi connectivity index (χ0) is 18.5. The molecule has 0 saturated carbocycles. The number of ether oxygens (including phenoxy) is 1. The summed E-state index contributed by atoms with van der Waals surface area (Å²) in [7, 11) is 0. The van der Waals surface area contributed by atoms with E-state index in [1.807, 2.05) is 42.5 Å². The van der Waals surface area contributed by atoms with Crippen molar-refractivity contribution in [3.05, 3.63) is 71.3 Å². The first-order chi connectivity index (χ1) is 13.3. The van der Waals surface area contributed by atoms with Gasteiger partial charge in [0.2, 0.25) is 0 Å². The molecule has 0 aliphatic carbocycles. The quantitative estimate of drug-likeness (QED) is 0.658. The molecule has 0 spiro atoms. The number of fused-ring (bicyclic) bond motifs is 1. The van der Waals surface area contributed by atoms with Gasteiger partial charge in [-0.25, -0.2) is 15.0 Å². The second kappa shape index (κ2) is 8.22. The molecule has 0 bridgehead atoms. The van der Waals surface area contributed by atoms with Gasteiger partial charge < -0.3 is 15.0 Å². The Balaban J connectivity index is 1.39. The van der Waals surface area contributed by atoms with Crippen LogP contribution in [-0.4, -0.2) is 34.6 Å². The summed E-state index contributed by atoms with van der Waals surface area (Å²) in [6.45, 7) is 2.74. The van der Waals surface area contributed by atoms with Crippen molar-refractivity contribution in [2.45, 2.75) is 13.0 Å². The Labute approximate surface area is 163 Å². The third kappa shape index (κ3) is 4.11. The number of aromatic nitrogens is 3. The number of nitrogens with zero attached hydrogens (tertiary/aromatic N) is 4. The lowest BCUT2D eigenvalue weighted by molar-refractivity contribution is 0.332. The first-order valence-electron chi connectivity index (χ1n) is 8.91. The van der Waals surface area contributed by atoms with Gasteiger partial charge in [0.1, 0.15) is 30.3 Å². The Morgan fingerprint density at radius 3 is 2.81 bits per heavy atom. The van der Waals surface area contributed by atoms with E-state index in [9.17, 15) is 0 Å². The molecular formula is C20H20ClN5O. The lowest BCUT2D eigenvalue weighted by Gasteiger charge is -2.30. The van der Waals surface area contributed by atoms with E-state index >= 15 is 0 Å². The highest BCUT2D eigenvalue weighted by Gasteiger charge is 2.22. The maximum absolute atomic E-state index is 6.29. The Hall–Kier alpha value is -2.86. The van der Waals surface area contributed by atoms with Crippen LogP contribution in [0.3, 0.4) is 0 Å². The van der Waals surface area contributed by atoms with Crippen LogP contribution in [-0.2, 0) is 13.0 Å². The van der Waals surface area contributed by atoms with Crippen molar-refractivity contribution in [3.63, 3.8) is 0 Å². The van der Waals surface area contributed by atoms with Crippen molar-refractivity contribution in [2.24, 2.45) is 0 Å². The third-order valence-electron chi connectivity index (χ3n) is 4.45. The molecule has 138 valence electrons. The number of hydrogen-bond donors (Lipinski definition) is 1. The van der Waals surface area contributed by atoms with E-state index in [1.54, 1.807) is 12.5 Å². The van der Waals surface area contributed by atoms with E-state index in [1.165, 1.54) is 0 Å². The van der Waals surface area contributed by atoms with Crippen molar-refractivity contribution in [1.82, 2.24) is 15.0 Å². The summed E-state index contributed by atoms with van der Waals surface area (Å²) in [6.07, 6.45) is 4.20. The Kier molecular flexibility index (Phi) is 5.34. The molecule has 2 aromatic heterocycles. The minimum Gasteiger partial charge on any atom is -0.492 e. The Morgan fingerprint density at radius 1 is 1.07 bits per heavy atom. The van der Waals surface area contributed by atoms with Crippen molar-refractivity contribution < 1.29 is 4.74 Å². The van der Waals surface area contributed by atoms with Gasteiger partial charge in [-0.3, -0.25) is 0 Å². The molecular weight excluding hydrogens is 362 g/mol. The molecule has 3 aromatic rings. The van der Waals surface area contributed by atoms with Crippen molar-refractivity contribution in [2.75, 3.05) is 29.9 Å². The van der Waals surface area contributed by atoms with Crippen LogP contribution in [0.25, 0.3) is 0 Å². The van der Waals surface area contributed by atoms with Crippen LogP contribution in [0.5, 0.6) is 5.75 Å². The van der Waals surface area contributed by atoms with Gasteiger partial charge in [-0.1, -0.05) is 29.8 Å². The van der Waals surface area contributed by atoms with Gasteiger partial charge in [0, 0.05) is 18.3 Å². The first kappa shape index (κ1) is 17.5. The maximum atomic E-state index is 6.29. The number of pyridine rings is 1. The Bertz CT molecular complexity index is 906. The van der Waals surface area contributed by atoms with Gasteiger partial charge in [-0.2, -0.15) is 0 Å². The van der Waals surface area contributed by atoms with Crippen LogP contribution >= 0.6 is 11.6 Å². The molecule has 0 fully saturated rings. The highest BCUT2D eigenvalue weighted by Crippen LogP contribution is 2.29. The summed E-state index contributed by atoms with van der Waals surface area (Å²) >= 11 is 6.29. The molecule has 27 heavy (non-hydrogen) atoms. The van der Waals surface area contributed by atoms with Crippen LogP contribution in [0.4, 0.5) is 11.6 Å². The molecule has 1 aromatic carbocycles. The van der Waals surface area contributed by atoms with Gasteiger partial charge in [-0.15, -0.1) is 0 Å². The van der Waals surface area contributed by atoms with E-state index in [-0.39, 0.29) is 0 Å². The second-order valence-electron chi connectivity index (χ2n) is 6.22. The first-order valence-corrected chi connectivity index (χ1v) is 9.29. The molecule has 0 radical (unpaired) electrons. The fraction of sp³-hybridized carbons (Fsp3) is 0.250. The highest BCUT2D eigenvalue weighted by molar-refractivity contribution is 6.32. The normalized spacial score (nSPS) is 13.1. The topological polar surface area (TPSA) is 63.2 Å². The SMILES string of the molecule is Clc1cccnc1N1CCc2c(ncnc2NCCOc2ccccc2)C1. The smallest absolute Gasteiger partial charge is 0.147 e. The summed E-state index contributed by atoms with van der Waals surface area (Å²) in [6, 6.07) is 13.5. The number of halogens is 1. The zero-order valence-corrected chi connectivity index (χ0v) is 15.6. The van der Waals surface area contributed by atoms with Gasteiger partial charge in [0.15, 0.2) is 0 Å². The third-order valence-corrected chi connectivity index (χ3v) is 4.75. The van der Waals surface area contributed by atoms with Gasteiger partial charge in [-0.05, 0) is 30.7 Å². The number of rotatable bonds is 6. The largest absolute Gasteiger partial charge is 0.492 e. The van der Waals surface area contributed by atoms with Gasteiger partial charge >= 0.3 is 0 Å². The molecule has 7 heteroatoms. The average Bonchev–Trinajstić information content (AvgIpc) is 2.72. The van der Waals surface area contributed by atoms with Crippen LogP contribution in [0, 0.1) is 0 Å². The summed E-state index contributed by atoms with van der Waals surface area (Å²) in [5.74, 6) is 2.55. The monoisotopic (exact) mass is 381 g/mol. The molecule has 1 aliphatic heterocycles. The van der Waals surface area contributed by atoms with Crippen molar-refractivity contribution in [1.29, 1.82) is 0 Å². The molecule has 0 atom stereocenters. The summed E-state index contributed by atoms with van der Waals surface area (Å²) in [5.41, 5.74) is 2.16. The molecule has 1 N–H and O–H groups in total. The zero-order valence-electron chi connectivity index (χ0n) is 14.8. The lowest BCUT2D eigenvalue weighted by Crippen LogP contribution is -2.33. The maximum Gasteiger partial charge on any atom is 0.147 e. The average molecular weight is 382 g/mol. The summed E-state index contributed by atoms with van der Waals surface area (Å²) < 4.78 is 5.72. The lowest BCUT2D eigenvalue weighted by atomic mass is 10.1. The minimum absolute atomic E-state index is 0.568. The predicted molar refractivity (Wildman–Crippen MR) is 106 cm³/mol. The van der Waals surface area contributed by atoms with E-state index in [2.05, 4.69) is 25.2 Å². The van der Waals surface area contributed by atoms with Crippen LogP contribution in [0.2, 0.25) is 5.02 Å². The summed E-state index contributed by atoms with van der Waals surface area (Å²) in [5, 5.41) is 4.03. The fourth-order valence-corrected chi connectivity index (χ4v) is 3.39. The predicted octanol–water partition coefficient (Wildman–Crippen LogP) is 3.58. The number of benzene rings is 1. The molecule has 1 aliphatic rings. The standard InChI is InChI=1S/C20H20ClN5O/c21-17-7-4-9-23-20(17)26-11-8-16-18(13-26)24-14-25-19(16)22-10-12-27-15-5-2-1-3-6-15/h1-7,9,14H,8,10-13H2,(H,22,24,25). The van der Waals surface area contributed by atoms with Crippen LogP contribution in [0.1, 0.15) is 11.3 Å². The molecule has 6 nitrogen and oxygen atoms in total. The van der Waals surface area contributed by atoms with E-state index in [0.717, 1.165) is 41.6 Å². The van der Waals surface area contributed by atoms with E-state index < -0.39 is 0 Å². The van der Waals surface area contributed by atoms with Gasteiger partial charge in [0.25, 0.3) is 0 Å². The molecule has 3 heterocycles. The van der Waals surface area contributed by atoms with Gasteiger partial charge in [0.05, 0.1) is 23.8 Å². The summed E-state index contributed by atoms with van der Waals surface area (Å²) in [4.78, 5) is 15.4. The molecule has 4 rings (SSSR count).